The third-order valence-corrected chi connectivity index (χ3v) is 8.93. The highest BCUT2D eigenvalue weighted by Gasteiger charge is 2.75. The van der Waals surface area contributed by atoms with E-state index in [-0.39, 0.29) is 36.4 Å². The molecule has 0 amide bonds. The number of hydrogen-bond acceptors (Lipinski definition) is 7. The summed E-state index contributed by atoms with van der Waals surface area (Å²) in [6.07, 6.45) is 3.87. The molecule has 33 heavy (non-hydrogen) atoms. The van der Waals surface area contributed by atoms with E-state index >= 15 is 4.39 Å². The first-order valence-corrected chi connectivity index (χ1v) is 11.4. The van der Waals surface area contributed by atoms with Gasteiger partial charge in [0.05, 0.1) is 11.5 Å². The molecule has 0 aromatic heterocycles. The topological polar surface area (TPSA) is 121 Å². The second kappa shape index (κ2) is 7.42. The van der Waals surface area contributed by atoms with Gasteiger partial charge in [0.15, 0.2) is 17.2 Å². The number of ketones is 2. The van der Waals surface area contributed by atoms with Gasteiger partial charge in [-0.05, 0) is 49.8 Å². The van der Waals surface area contributed by atoms with Gasteiger partial charge in [-0.15, -0.1) is 0 Å². The first kappa shape index (κ1) is 24.0. The Labute approximate surface area is 192 Å². The van der Waals surface area contributed by atoms with Crippen molar-refractivity contribution in [1.82, 2.24) is 0 Å². The number of rotatable bonds is 4. The van der Waals surface area contributed by atoms with Crippen molar-refractivity contribution in [3.63, 3.8) is 0 Å². The lowest BCUT2D eigenvalue weighted by atomic mass is 9.46. The second-order valence-electron chi connectivity index (χ2n) is 10.4. The number of halogens is 1. The second-order valence-corrected chi connectivity index (χ2v) is 10.4. The predicted molar refractivity (Wildman–Crippen MR) is 115 cm³/mol. The molecule has 2 saturated carbocycles. The van der Waals surface area contributed by atoms with Crippen LogP contribution in [-0.4, -0.2) is 56.8 Å². The quantitative estimate of drug-likeness (QED) is 0.546. The maximum Gasteiger partial charge on any atom is 0.310 e. The fourth-order valence-corrected chi connectivity index (χ4v) is 7.09. The third kappa shape index (κ3) is 2.80. The Bertz CT molecular complexity index is 1010. The number of aliphatic hydroxyl groups is 3. The maximum absolute atomic E-state index is 17.3. The Kier molecular flexibility index (Phi) is 5.39. The normalized spacial score (nSPS) is 46.0. The van der Waals surface area contributed by atoms with E-state index < -0.39 is 64.3 Å². The lowest BCUT2D eigenvalue weighted by Crippen LogP contribution is -2.69. The molecule has 4 aliphatic carbocycles. The number of fused-ring (bicyclic) bond motifs is 5. The van der Waals surface area contributed by atoms with Gasteiger partial charge in [-0.3, -0.25) is 14.4 Å². The van der Waals surface area contributed by atoms with Crippen LogP contribution in [0.3, 0.4) is 0 Å². The Morgan fingerprint density at radius 3 is 2.58 bits per heavy atom. The number of carbonyl (C=O) groups is 3. The Balaban J connectivity index is 1.94. The van der Waals surface area contributed by atoms with Crippen molar-refractivity contribution in [2.45, 2.75) is 64.3 Å². The average Bonchev–Trinajstić information content (AvgIpc) is 2.97. The third-order valence-electron chi connectivity index (χ3n) is 8.93. The molecule has 7 nitrogen and oxygen atoms in total. The predicted octanol–water partition coefficient (Wildman–Crippen LogP) is 1.95. The molecule has 0 saturated heterocycles. The number of Topliss-reactive ketones (excluding diaryl/α,β-unsaturated/α-hetero) is 1. The molecule has 0 aromatic rings. The van der Waals surface area contributed by atoms with Gasteiger partial charge in [0, 0.05) is 23.3 Å². The van der Waals surface area contributed by atoms with Gasteiger partial charge in [-0.2, -0.15) is 0 Å². The number of allylic oxidation sites excluding steroid dienone is 5. The molecule has 0 heterocycles. The Hall–Kier alpha value is -2.16. The van der Waals surface area contributed by atoms with Crippen LogP contribution in [0.2, 0.25) is 0 Å². The van der Waals surface area contributed by atoms with E-state index in [0.29, 0.717) is 0 Å². The molecule has 180 valence electrons. The summed E-state index contributed by atoms with van der Waals surface area (Å²) in [7, 11) is 0. The van der Waals surface area contributed by atoms with Gasteiger partial charge < -0.3 is 20.1 Å². The highest BCUT2D eigenvalue weighted by molar-refractivity contribution is 6.02. The van der Waals surface area contributed by atoms with Crippen molar-refractivity contribution >= 4 is 17.5 Å². The minimum atomic E-state index is -2.28. The number of ether oxygens (including phenoxy) is 1. The summed E-state index contributed by atoms with van der Waals surface area (Å²) >= 11 is 0. The summed E-state index contributed by atoms with van der Waals surface area (Å²) in [6.45, 7) is 5.65. The van der Waals surface area contributed by atoms with Crippen molar-refractivity contribution in [2.24, 2.45) is 28.6 Å². The maximum atomic E-state index is 17.3. The van der Waals surface area contributed by atoms with E-state index in [0.717, 1.165) is 0 Å². The van der Waals surface area contributed by atoms with E-state index in [4.69, 9.17) is 4.74 Å². The molecule has 8 atom stereocenters. The van der Waals surface area contributed by atoms with Crippen molar-refractivity contribution < 1.29 is 38.8 Å². The average molecular weight is 463 g/mol. The number of alkyl halides is 1. The zero-order valence-corrected chi connectivity index (χ0v) is 19.3. The molecule has 0 bridgehead atoms. The Morgan fingerprint density at radius 2 is 1.97 bits per heavy atom. The first-order chi connectivity index (χ1) is 15.3. The fraction of sp³-hybridized carbons (Fsp3) is 0.640. The van der Waals surface area contributed by atoms with Crippen LogP contribution < -0.4 is 0 Å². The molecular weight excluding hydrogens is 431 g/mol. The summed E-state index contributed by atoms with van der Waals surface area (Å²) < 4.78 is 22.8. The standard InChI is InChI=1S/C25H31FO7/c1-5-21(31)33-18-10-16-15-8-13(2)25(32,20(30)12-27)23(15,4)11-19(29)24(16,26)22(3)7-6-14(28)9-17(18)22/h6-7,9-10,13,15-16,19,27,29,32H,5,8,11-12H2,1-4H3/t13-,15-,16-,19-,22-,23-,24-,25-/m0/s1. The lowest BCUT2D eigenvalue weighted by molar-refractivity contribution is -0.206. The molecule has 4 aliphatic rings. The van der Waals surface area contributed by atoms with Crippen LogP contribution in [0.15, 0.2) is 35.6 Å². The van der Waals surface area contributed by atoms with Crippen LogP contribution in [0, 0.1) is 28.6 Å². The van der Waals surface area contributed by atoms with Gasteiger partial charge in [0.1, 0.15) is 18.0 Å². The minimum Gasteiger partial charge on any atom is -0.427 e. The highest BCUT2D eigenvalue weighted by Crippen LogP contribution is 2.70. The van der Waals surface area contributed by atoms with Gasteiger partial charge in [-0.1, -0.05) is 26.8 Å². The molecule has 0 aliphatic heterocycles. The highest BCUT2D eigenvalue weighted by atomic mass is 19.1. The van der Waals surface area contributed by atoms with Crippen LogP contribution in [0.4, 0.5) is 4.39 Å². The van der Waals surface area contributed by atoms with Crippen molar-refractivity contribution in [2.75, 3.05) is 6.61 Å². The molecule has 3 N–H and O–H groups in total. The number of hydrogen-bond donors (Lipinski definition) is 3. The van der Waals surface area contributed by atoms with Crippen molar-refractivity contribution in [1.29, 1.82) is 0 Å². The number of carbonyl (C=O) groups excluding carboxylic acids is 3. The molecule has 4 rings (SSSR count). The van der Waals surface area contributed by atoms with Crippen LogP contribution >= 0.6 is 0 Å². The lowest BCUT2D eigenvalue weighted by Gasteiger charge is -2.61. The van der Waals surface area contributed by atoms with Gasteiger partial charge in [0.25, 0.3) is 0 Å². The molecule has 0 aromatic carbocycles. The fourth-order valence-electron chi connectivity index (χ4n) is 7.09. The Morgan fingerprint density at radius 1 is 1.30 bits per heavy atom. The first-order valence-electron chi connectivity index (χ1n) is 11.4. The van der Waals surface area contributed by atoms with Crippen LogP contribution in [0.25, 0.3) is 0 Å². The summed E-state index contributed by atoms with van der Waals surface area (Å²) in [5, 5.41) is 32.4. The van der Waals surface area contributed by atoms with E-state index in [1.54, 1.807) is 27.7 Å². The van der Waals surface area contributed by atoms with Gasteiger partial charge in [0.2, 0.25) is 0 Å². The number of aliphatic hydroxyl groups excluding tert-OH is 2. The van der Waals surface area contributed by atoms with E-state index in [1.165, 1.54) is 24.3 Å². The van der Waals surface area contributed by atoms with E-state index in [2.05, 4.69) is 0 Å². The molecule has 0 spiro atoms. The smallest absolute Gasteiger partial charge is 0.310 e. The number of esters is 1. The molecular formula is C25H31FO7. The molecule has 8 heteroatoms. The van der Waals surface area contributed by atoms with Crippen molar-refractivity contribution in [3.05, 3.63) is 35.6 Å². The zero-order chi connectivity index (χ0) is 24.6. The van der Waals surface area contributed by atoms with Gasteiger partial charge in [-0.25, -0.2) is 4.39 Å². The summed E-state index contributed by atoms with van der Waals surface area (Å²) in [5.74, 6) is -3.83. The largest absolute Gasteiger partial charge is 0.427 e. The SMILES string of the molecule is CCC(=O)OC1=C[C@H]2[C@@H]3C[C@H](C)[C@](O)(C(=O)CO)[C@@]3(C)C[C@H](O)[C@]2(F)[C@@]2(C)C=CC(=O)C=C12. The monoisotopic (exact) mass is 462 g/mol. The summed E-state index contributed by atoms with van der Waals surface area (Å²) in [5.41, 5.74) is -6.75. The zero-order valence-electron chi connectivity index (χ0n) is 19.3. The van der Waals surface area contributed by atoms with Crippen LogP contribution in [0.1, 0.15) is 47.0 Å². The molecule has 0 radical (unpaired) electrons. The molecule has 2 fully saturated rings. The summed E-state index contributed by atoms with van der Waals surface area (Å²) in [6, 6.07) is 0. The van der Waals surface area contributed by atoms with E-state index in [1.807, 2.05) is 0 Å². The van der Waals surface area contributed by atoms with Crippen LogP contribution in [-0.2, 0) is 19.1 Å². The molecule has 0 unspecified atom stereocenters. The van der Waals surface area contributed by atoms with E-state index in [9.17, 15) is 29.7 Å². The van der Waals surface area contributed by atoms with Crippen LogP contribution in [0.5, 0.6) is 0 Å². The van der Waals surface area contributed by atoms with Gasteiger partial charge >= 0.3 is 5.97 Å². The minimum absolute atomic E-state index is 0.0633. The van der Waals surface area contributed by atoms with Crippen molar-refractivity contribution in [3.8, 4) is 0 Å². The summed E-state index contributed by atoms with van der Waals surface area (Å²) in [4.78, 5) is 37.0.